The number of nitrogens with zero attached hydrogens (tertiary/aromatic N) is 4. The maximum atomic E-state index is 6.13. The fourth-order valence-electron chi connectivity index (χ4n) is 4.19. The zero-order valence-electron chi connectivity index (χ0n) is 18.4. The number of halogens is 3. The summed E-state index contributed by atoms with van der Waals surface area (Å²) in [6.45, 7) is 3.23. The Morgan fingerprint density at radius 3 is 2.53 bits per heavy atom. The number of likely N-dealkylation sites (tertiary alicyclic amines) is 1. The van der Waals surface area contributed by atoms with Gasteiger partial charge in [-0.05, 0) is 53.9 Å². The van der Waals surface area contributed by atoms with Crippen LogP contribution in [0.3, 0.4) is 0 Å². The molecule has 1 fully saturated rings. The van der Waals surface area contributed by atoms with Crippen molar-refractivity contribution >= 4 is 34.8 Å². The third-order valence-electron chi connectivity index (χ3n) is 5.99. The summed E-state index contributed by atoms with van der Waals surface area (Å²) in [6.07, 6.45) is 3.05. The Balaban J connectivity index is 1.25. The third kappa shape index (κ3) is 5.39. The van der Waals surface area contributed by atoms with Crippen LogP contribution in [-0.2, 0) is 13.2 Å². The summed E-state index contributed by atoms with van der Waals surface area (Å²) >= 11 is 18.2. The number of rotatable bonds is 7. The van der Waals surface area contributed by atoms with Crippen molar-refractivity contribution in [3.63, 3.8) is 0 Å². The first-order chi connectivity index (χ1) is 16.5. The largest absolute Gasteiger partial charge is 0.488 e. The molecule has 1 aromatic heterocycles. The molecule has 0 bridgehead atoms. The van der Waals surface area contributed by atoms with Crippen LogP contribution in [0.1, 0.15) is 23.6 Å². The van der Waals surface area contributed by atoms with E-state index in [1.54, 1.807) is 6.07 Å². The summed E-state index contributed by atoms with van der Waals surface area (Å²) in [5, 5.41) is 10.7. The molecule has 1 atom stereocenters. The van der Waals surface area contributed by atoms with Crippen LogP contribution in [0.25, 0.3) is 11.3 Å². The average molecular weight is 514 g/mol. The molecule has 5 nitrogen and oxygen atoms in total. The lowest BCUT2D eigenvalue weighted by molar-refractivity contribution is 0.307. The Labute approximate surface area is 213 Å². The van der Waals surface area contributed by atoms with Crippen LogP contribution in [0.15, 0.2) is 72.9 Å². The van der Waals surface area contributed by atoms with Crippen molar-refractivity contribution in [3.05, 3.63) is 99.1 Å². The molecule has 1 aliphatic heterocycles. The summed E-state index contributed by atoms with van der Waals surface area (Å²) in [5.41, 5.74) is 3.91. The van der Waals surface area contributed by atoms with E-state index < -0.39 is 0 Å². The van der Waals surface area contributed by atoms with Gasteiger partial charge in [0.15, 0.2) is 0 Å². The van der Waals surface area contributed by atoms with Crippen LogP contribution in [0, 0.1) is 0 Å². The highest BCUT2D eigenvalue weighted by Crippen LogP contribution is 2.31. The van der Waals surface area contributed by atoms with E-state index >= 15 is 0 Å². The fraction of sp³-hybridized carbons (Fsp3) is 0.231. The number of hydrogen-bond acceptors (Lipinski definition) is 4. The maximum Gasteiger partial charge on any atom is 0.129 e. The second-order valence-electron chi connectivity index (χ2n) is 8.42. The van der Waals surface area contributed by atoms with Crippen molar-refractivity contribution in [2.24, 2.45) is 0 Å². The Bertz CT molecular complexity index is 1280. The molecule has 0 unspecified atom stereocenters. The lowest BCUT2D eigenvalue weighted by atomic mass is 10.1. The zero-order chi connectivity index (χ0) is 23.5. The second kappa shape index (κ2) is 10.4. The van der Waals surface area contributed by atoms with Gasteiger partial charge in [-0.2, -0.15) is 0 Å². The summed E-state index contributed by atoms with van der Waals surface area (Å²) in [5.74, 6) is 0.747. The van der Waals surface area contributed by atoms with E-state index in [1.807, 2.05) is 59.4 Å². The topological polar surface area (TPSA) is 43.2 Å². The highest BCUT2D eigenvalue weighted by atomic mass is 35.5. The predicted molar refractivity (Wildman–Crippen MR) is 137 cm³/mol. The Morgan fingerprint density at radius 2 is 1.71 bits per heavy atom. The molecule has 174 valence electrons. The predicted octanol–water partition coefficient (Wildman–Crippen LogP) is 6.93. The van der Waals surface area contributed by atoms with Crippen LogP contribution in [0.4, 0.5) is 0 Å². The van der Waals surface area contributed by atoms with Crippen LogP contribution >= 0.6 is 34.8 Å². The van der Waals surface area contributed by atoms with Gasteiger partial charge in [0, 0.05) is 30.2 Å². The van der Waals surface area contributed by atoms with Gasteiger partial charge >= 0.3 is 0 Å². The first kappa shape index (κ1) is 23.2. The number of para-hydroxylation sites is 1. The molecule has 4 aromatic rings. The summed E-state index contributed by atoms with van der Waals surface area (Å²) in [7, 11) is 0. The van der Waals surface area contributed by atoms with Crippen molar-refractivity contribution in [2.45, 2.75) is 25.6 Å². The minimum Gasteiger partial charge on any atom is -0.488 e. The van der Waals surface area contributed by atoms with E-state index in [-0.39, 0.29) is 6.04 Å². The minimum absolute atomic E-state index is 0.290. The number of hydrogen-bond donors (Lipinski definition) is 0. The highest BCUT2D eigenvalue weighted by molar-refractivity contribution is 6.42. The monoisotopic (exact) mass is 512 g/mol. The number of aromatic nitrogens is 3. The molecular formula is C26H23Cl3N4O. The van der Waals surface area contributed by atoms with E-state index in [0.29, 0.717) is 16.7 Å². The van der Waals surface area contributed by atoms with E-state index in [2.05, 4.69) is 27.3 Å². The standard InChI is InChI=1S/C26H23Cl3N4O/c27-20-8-5-18(6-9-20)14-32-12-11-21(15-32)33-16-25(30-31-33)22-3-1-2-4-26(22)34-17-19-7-10-23(28)24(29)13-19/h1-10,13,16,21H,11-12,14-15,17H2/t21-/m0/s1. The first-order valence-electron chi connectivity index (χ1n) is 11.1. The van der Waals surface area contributed by atoms with Crippen LogP contribution in [0.5, 0.6) is 5.75 Å². The number of ether oxygens (including phenoxy) is 1. The van der Waals surface area contributed by atoms with Crippen molar-refractivity contribution in [3.8, 4) is 17.0 Å². The molecule has 0 amide bonds. The van der Waals surface area contributed by atoms with Gasteiger partial charge < -0.3 is 4.74 Å². The second-order valence-corrected chi connectivity index (χ2v) is 9.67. The van der Waals surface area contributed by atoms with Gasteiger partial charge in [0.05, 0.1) is 22.3 Å². The quantitative estimate of drug-likeness (QED) is 0.269. The van der Waals surface area contributed by atoms with Crippen molar-refractivity contribution < 1.29 is 4.74 Å². The van der Waals surface area contributed by atoms with Gasteiger partial charge in [-0.3, -0.25) is 4.90 Å². The summed E-state index contributed by atoms with van der Waals surface area (Å²) in [4.78, 5) is 2.43. The fourth-order valence-corrected chi connectivity index (χ4v) is 4.64. The first-order valence-corrected chi connectivity index (χ1v) is 12.2. The van der Waals surface area contributed by atoms with Gasteiger partial charge in [-0.15, -0.1) is 5.10 Å². The summed E-state index contributed by atoms with van der Waals surface area (Å²) < 4.78 is 8.08. The van der Waals surface area contributed by atoms with Gasteiger partial charge in [-0.25, -0.2) is 4.68 Å². The average Bonchev–Trinajstić information content (AvgIpc) is 3.51. The van der Waals surface area contributed by atoms with Gasteiger partial charge in [-0.1, -0.05) is 70.3 Å². The molecular weight excluding hydrogens is 491 g/mol. The zero-order valence-corrected chi connectivity index (χ0v) is 20.6. The molecule has 0 N–H and O–H groups in total. The van der Waals surface area contributed by atoms with Gasteiger partial charge in [0.25, 0.3) is 0 Å². The smallest absolute Gasteiger partial charge is 0.129 e. The third-order valence-corrected chi connectivity index (χ3v) is 6.98. The molecule has 0 radical (unpaired) electrons. The normalized spacial score (nSPS) is 16.1. The lowest BCUT2D eigenvalue weighted by Crippen LogP contribution is -2.21. The van der Waals surface area contributed by atoms with E-state index in [9.17, 15) is 0 Å². The van der Waals surface area contributed by atoms with Gasteiger partial charge in [0.1, 0.15) is 18.1 Å². The van der Waals surface area contributed by atoms with E-state index in [0.717, 1.165) is 53.6 Å². The molecule has 2 heterocycles. The molecule has 0 aliphatic carbocycles. The minimum atomic E-state index is 0.290. The molecule has 8 heteroatoms. The number of benzene rings is 3. The van der Waals surface area contributed by atoms with Crippen molar-refractivity contribution in [1.82, 2.24) is 19.9 Å². The highest BCUT2D eigenvalue weighted by Gasteiger charge is 2.25. The van der Waals surface area contributed by atoms with Crippen LogP contribution in [0.2, 0.25) is 15.1 Å². The molecule has 3 aromatic carbocycles. The molecule has 1 aliphatic rings. The SMILES string of the molecule is Clc1ccc(CN2CC[C@H](n3cc(-c4ccccc4OCc4ccc(Cl)c(Cl)c4)nn3)C2)cc1. The molecule has 5 rings (SSSR count). The Kier molecular flexibility index (Phi) is 7.07. The maximum absolute atomic E-state index is 6.13. The summed E-state index contributed by atoms with van der Waals surface area (Å²) in [6, 6.07) is 21.7. The van der Waals surface area contributed by atoms with E-state index in [1.165, 1.54) is 5.56 Å². The van der Waals surface area contributed by atoms with Gasteiger partial charge in [0.2, 0.25) is 0 Å². The van der Waals surface area contributed by atoms with Crippen LogP contribution in [-0.4, -0.2) is 33.0 Å². The van der Waals surface area contributed by atoms with Crippen molar-refractivity contribution in [2.75, 3.05) is 13.1 Å². The molecule has 1 saturated heterocycles. The van der Waals surface area contributed by atoms with Crippen LogP contribution < -0.4 is 4.74 Å². The molecule has 34 heavy (non-hydrogen) atoms. The molecule has 0 saturated carbocycles. The van der Waals surface area contributed by atoms with Crippen molar-refractivity contribution in [1.29, 1.82) is 0 Å². The Hall–Kier alpha value is -2.57. The molecule has 0 spiro atoms. The Morgan fingerprint density at radius 1 is 0.912 bits per heavy atom. The van der Waals surface area contributed by atoms with E-state index in [4.69, 9.17) is 39.5 Å². The lowest BCUT2D eigenvalue weighted by Gasteiger charge is -2.16.